The van der Waals surface area contributed by atoms with Crippen LogP contribution in [0.1, 0.15) is 13.3 Å². The lowest BCUT2D eigenvalue weighted by molar-refractivity contribution is 0.114. The first-order valence-electron chi connectivity index (χ1n) is 7.01. The van der Waals surface area contributed by atoms with Gasteiger partial charge in [-0.2, -0.15) is 5.10 Å². The largest absolute Gasteiger partial charge is 0.376 e. The van der Waals surface area contributed by atoms with Gasteiger partial charge in [-0.05, 0) is 43.7 Å². The first-order chi connectivity index (χ1) is 10.2. The van der Waals surface area contributed by atoms with Crippen LogP contribution in [0, 0.1) is 0 Å². The molecule has 1 saturated heterocycles. The van der Waals surface area contributed by atoms with E-state index in [1.54, 1.807) is 10.9 Å². The Labute approximate surface area is 123 Å². The molecule has 1 fully saturated rings. The Morgan fingerprint density at radius 1 is 1.38 bits per heavy atom. The van der Waals surface area contributed by atoms with E-state index in [0.717, 1.165) is 17.8 Å². The van der Waals surface area contributed by atoms with Gasteiger partial charge in [0.15, 0.2) is 0 Å². The maximum atomic E-state index is 11.9. The van der Waals surface area contributed by atoms with E-state index in [-0.39, 0.29) is 18.2 Å². The van der Waals surface area contributed by atoms with E-state index in [9.17, 15) is 4.79 Å². The number of ether oxygens (including phenoxy) is 1. The molecule has 0 bridgehead atoms. The van der Waals surface area contributed by atoms with Crippen LogP contribution < -0.4 is 10.6 Å². The molecule has 2 atom stereocenters. The Balaban J connectivity index is 1.58. The van der Waals surface area contributed by atoms with Gasteiger partial charge in [-0.15, -0.1) is 0 Å². The first-order valence-corrected chi connectivity index (χ1v) is 7.01. The number of carbonyl (C=O) groups excluding carboxylic acids is 1. The highest BCUT2D eigenvalue weighted by Crippen LogP contribution is 2.14. The molecule has 21 heavy (non-hydrogen) atoms. The number of hydrogen-bond acceptors (Lipinski definition) is 3. The van der Waals surface area contributed by atoms with Crippen molar-refractivity contribution in [2.45, 2.75) is 25.5 Å². The zero-order chi connectivity index (χ0) is 14.7. The molecule has 2 aromatic rings. The van der Waals surface area contributed by atoms with Crippen LogP contribution in [0.4, 0.5) is 10.5 Å². The number of aromatic nitrogens is 2. The minimum Gasteiger partial charge on any atom is -0.376 e. The Bertz CT molecular complexity index is 595. The van der Waals surface area contributed by atoms with Gasteiger partial charge in [-0.25, -0.2) is 9.48 Å². The number of rotatable bonds is 3. The lowest BCUT2D eigenvalue weighted by Crippen LogP contribution is -2.41. The molecule has 2 heterocycles. The van der Waals surface area contributed by atoms with Crippen LogP contribution in [0.3, 0.4) is 0 Å². The summed E-state index contributed by atoms with van der Waals surface area (Å²) in [5.74, 6) is 0. The van der Waals surface area contributed by atoms with Crippen molar-refractivity contribution in [2.24, 2.45) is 0 Å². The number of carbonyl (C=O) groups is 1. The Morgan fingerprint density at radius 3 is 2.81 bits per heavy atom. The average Bonchev–Trinajstić information content (AvgIpc) is 3.12. The molecule has 0 unspecified atom stereocenters. The number of nitrogens with one attached hydrogen (secondary N) is 2. The van der Waals surface area contributed by atoms with Crippen molar-refractivity contribution in [2.75, 3.05) is 11.9 Å². The molecule has 2 N–H and O–H groups in total. The molecular formula is C15H18N4O2. The topological polar surface area (TPSA) is 68.2 Å². The fraction of sp³-hybridized carbons (Fsp3) is 0.333. The van der Waals surface area contributed by atoms with Gasteiger partial charge in [-0.1, -0.05) is 0 Å². The van der Waals surface area contributed by atoms with Crippen LogP contribution in [0.5, 0.6) is 0 Å². The Hall–Kier alpha value is -2.34. The second kappa shape index (κ2) is 5.97. The zero-order valence-corrected chi connectivity index (χ0v) is 11.8. The van der Waals surface area contributed by atoms with Crippen molar-refractivity contribution in [3.05, 3.63) is 42.7 Å². The van der Waals surface area contributed by atoms with Gasteiger partial charge in [-0.3, -0.25) is 0 Å². The van der Waals surface area contributed by atoms with Gasteiger partial charge in [0, 0.05) is 24.7 Å². The van der Waals surface area contributed by atoms with Crippen LogP contribution in [0.25, 0.3) is 5.69 Å². The monoisotopic (exact) mass is 286 g/mol. The van der Waals surface area contributed by atoms with Crippen LogP contribution in [-0.2, 0) is 4.74 Å². The van der Waals surface area contributed by atoms with Gasteiger partial charge in [0.05, 0.1) is 17.8 Å². The quantitative estimate of drug-likeness (QED) is 0.908. The highest BCUT2D eigenvalue weighted by Gasteiger charge is 2.25. The number of nitrogens with zero attached hydrogens (tertiary/aromatic N) is 2. The van der Waals surface area contributed by atoms with Crippen molar-refractivity contribution >= 4 is 11.7 Å². The normalized spacial score (nSPS) is 21.2. The van der Waals surface area contributed by atoms with E-state index >= 15 is 0 Å². The molecule has 0 radical (unpaired) electrons. The standard InChI is InChI=1S/C15H18N4O2/c1-11-14(7-10-21-11)18-15(20)17-12-3-5-13(6-4-12)19-9-2-8-16-19/h2-6,8-9,11,14H,7,10H2,1H3,(H2,17,18,20)/t11-,14-/m1/s1. The molecule has 1 aromatic carbocycles. The van der Waals surface area contributed by atoms with E-state index < -0.39 is 0 Å². The third-order valence-corrected chi connectivity index (χ3v) is 3.59. The van der Waals surface area contributed by atoms with Crippen molar-refractivity contribution in [3.8, 4) is 5.69 Å². The summed E-state index contributed by atoms with van der Waals surface area (Å²) in [7, 11) is 0. The SMILES string of the molecule is C[C@H]1OCC[C@H]1NC(=O)Nc1ccc(-n2cccn2)cc1. The minimum absolute atomic E-state index is 0.0675. The molecule has 0 spiro atoms. The molecule has 0 aliphatic carbocycles. The number of anilines is 1. The number of benzene rings is 1. The molecule has 3 rings (SSSR count). The summed E-state index contributed by atoms with van der Waals surface area (Å²) in [5.41, 5.74) is 1.69. The second-order valence-electron chi connectivity index (χ2n) is 5.07. The van der Waals surface area contributed by atoms with Gasteiger partial charge in [0.25, 0.3) is 0 Å². The smallest absolute Gasteiger partial charge is 0.319 e. The van der Waals surface area contributed by atoms with Crippen LogP contribution in [0.2, 0.25) is 0 Å². The fourth-order valence-electron chi connectivity index (χ4n) is 2.38. The zero-order valence-electron chi connectivity index (χ0n) is 11.8. The predicted molar refractivity (Wildman–Crippen MR) is 79.5 cm³/mol. The van der Waals surface area contributed by atoms with E-state index in [2.05, 4.69) is 15.7 Å². The van der Waals surface area contributed by atoms with Crippen LogP contribution in [0.15, 0.2) is 42.7 Å². The van der Waals surface area contributed by atoms with Crippen molar-refractivity contribution in [1.29, 1.82) is 0 Å². The summed E-state index contributed by atoms with van der Waals surface area (Å²) in [6.45, 7) is 2.67. The molecule has 110 valence electrons. The lowest BCUT2D eigenvalue weighted by atomic mass is 10.2. The molecule has 1 aromatic heterocycles. The number of hydrogen-bond donors (Lipinski definition) is 2. The average molecular weight is 286 g/mol. The van der Waals surface area contributed by atoms with E-state index in [1.807, 2.05) is 43.5 Å². The Morgan fingerprint density at radius 2 is 2.19 bits per heavy atom. The maximum absolute atomic E-state index is 11.9. The molecule has 1 aliphatic heterocycles. The molecule has 0 saturated carbocycles. The lowest BCUT2D eigenvalue weighted by Gasteiger charge is -2.16. The fourth-order valence-corrected chi connectivity index (χ4v) is 2.38. The number of amides is 2. The molecule has 6 nitrogen and oxygen atoms in total. The minimum atomic E-state index is -0.204. The van der Waals surface area contributed by atoms with Crippen LogP contribution >= 0.6 is 0 Å². The first kappa shape index (κ1) is 13.6. The third-order valence-electron chi connectivity index (χ3n) is 3.59. The maximum Gasteiger partial charge on any atom is 0.319 e. The summed E-state index contributed by atoms with van der Waals surface area (Å²) in [4.78, 5) is 11.9. The van der Waals surface area contributed by atoms with E-state index in [1.165, 1.54) is 0 Å². The predicted octanol–water partition coefficient (Wildman–Crippen LogP) is 2.17. The van der Waals surface area contributed by atoms with Crippen molar-refractivity contribution < 1.29 is 9.53 Å². The van der Waals surface area contributed by atoms with Crippen LogP contribution in [-0.4, -0.2) is 34.6 Å². The highest BCUT2D eigenvalue weighted by molar-refractivity contribution is 5.89. The summed E-state index contributed by atoms with van der Waals surface area (Å²) in [6.07, 6.45) is 4.52. The second-order valence-corrected chi connectivity index (χ2v) is 5.07. The Kier molecular flexibility index (Phi) is 3.87. The molecule has 1 aliphatic rings. The number of urea groups is 1. The van der Waals surface area contributed by atoms with Crippen molar-refractivity contribution in [3.63, 3.8) is 0 Å². The third kappa shape index (κ3) is 3.22. The van der Waals surface area contributed by atoms with E-state index in [4.69, 9.17) is 4.74 Å². The summed E-state index contributed by atoms with van der Waals surface area (Å²) in [5, 5.41) is 9.91. The molecule has 6 heteroatoms. The molecular weight excluding hydrogens is 268 g/mol. The van der Waals surface area contributed by atoms with Crippen molar-refractivity contribution in [1.82, 2.24) is 15.1 Å². The highest BCUT2D eigenvalue weighted by atomic mass is 16.5. The van der Waals surface area contributed by atoms with Gasteiger partial charge < -0.3 is 15.4 Å². The van der Waals surface area contributed by atoms with E-state index in [0.29, 0.717) is 6.61 Å². The summed E-state index contributed by atoms with van der Waals surface area (Å²) < 4.78 is 7.19. The van der Waals surface area contributed by atoms with Gasteiger partial charge >= 0.3 is 6.03 Å². The molecule has 2 amide bonds. The van der Waals surface area contributed by atoms with Gasteiger partial charge in [0.2, 0.25) is 0 Å². The summed E-state index contributed by atoms with van der Waals surface area (Å²) >= 11 is 0. The van der Waals surface area contributed by atoms with Gasteiger partial charge in [0.1, 0.15) is 0 Å². The summed E-state index contributed by atoms with van der Waals surface area (Å²) in [6, 6.07) is 9.26.